The summed E-state index contributed by atoms with van der Waals surface area (Å²) in [6, 6.07) is 0. The largest absolute Gasteiger partial charge is 4.00 e. The third kappa shape index (κ3) is 21.8. The average Bonchev–Trinajstić information content (AvgIpc) is 3.01. The predicted molar refractivity (Wildman–Crippen MR) is 190 cm³/mol. The van der Waals surface area contributed by atoms with Crippen molar-refractivity contribution in [2.24, 2.45) is 0 Å². The van der Waals surface area contributed by atoms with Gasteiger partial charge in [0.15, 0.2) is 0 Å². The summed E-state index contributed by atoms with van der Waals surface area (Å²) in [6.07, 6.45) is 14.3. The van der Waals surface area contributed by atoms with E-state index in [2.05, 4.69) is 132 Å². The molecule has 0 radical (unpaired) electrons. The van der Waals surface area contributed by atoms with Crippen LogP contribution in [0.15, 0.2) is 0 Å². The van der Waals surface area contributed by atoms with E-state index in [1.165, 1.54) is 77.0 Å². The second-order valence-corrected chi connectivity index (χ2v) is 11.0. The zero-order valence-corrected chi connectivity index (χ0v) is 33.2. The molecule has 0 heterocycles. The summed E-state index contributed by atoms with van der Waals surface area (Å²) >= 11 is 0. The van der Waals surface area contributed by atoms with Gasteiger partial charge in [-0.05, 0) is 0 Å². The molecule has 4 nitrogen and oxygen atoms in total. The van der Waals surface area contributed by atoms with E-state index in [-0.39, 0.29) is 21.7 Å². The third-order valence-electron chi connectivity index (χ3n) is 9.87. The van der Waals surface area contributed by atoms with Crippen LogP contribution in [-0.4, -0.2) is 48.3 Å². The molecule has 0 aromatic carbocycles. The van der Waals surface area contributed by atoms with Crippen LogP contribution in [0.4, 0.5) is 0 Å². The topological polar surface area (TPSA) is 56.4 Å². The van der Waals surface area contributed by atoms with Crippen LogP contribution in [0.2, 0.25) is 0 Å². The van der Waals surface area contributed by atoms with Gasteiger partial charge in [-0.25, -0.2) is 0 Å². The maximum atomic E-state index is 4.61. The third-order valence-corrected chi connectivity index (χ3v) is 9.87. The van der Waals surface area contributed by atoms with Crippen LogP contribution in [0.5, 0.6) is 0 Å². The maximum absolute atomic E-state index is 4.61. The zero-order chi connectivity index (χ0) is 32.1. The molecular weight excluding hydrogens is 536 g/mol. The van der Waals surface area contributed by atoms with Gasteiger partial charge in [0.1, 0.15) is 0 Å². The molecular formula is C36H80N4Ti. The van der Waals surface area contributed by atoms with E-state index in [9.17, 15) is 0 Å². The first-order chi connectivity index (χ1) is 19.0. The summed E-state index contributed by atoms with van der Waals surface area (Å²) in [7, 11) is 0. The van der Waals surface area contributed by atoms with E-state index in [0.717, 1.165) is 26.2 Å². The van der Waals surface area contributed by atoms with Gasteiger partial charge in [-0.15, -0.1) is 22.2 Å². The van der Waals surface area contributed by atoms with Crippen molar-refractivity contribution >= 4 is 0 Å². The Labute approximate surface area is 278 Å². The Balaban J connectivity index is -0.000000139. The molecule has 0 fully saturated rings. The molecule has 0 saturated carbocycles. The minimum Gasteiger partial charge on any atom is -0.657 e. The predicted octanol–water partition coefficient (Wildman–Crippen LogP) is 13.4. The zero-order valence-electron chi connectivity index (χ0n) is 31.6. The van der Waals surface area contributed by atoms with Crippen LogP contribution in [0, 0.1) is 0 Å². The van der Waals surface area contributed by atoms with Gasteiger partial charge in [0.25, 0.3) is 0 Å². The molecule has 0 amide bonds. The van der Waals surface area contributed by atoms with Crippen LogP contribution in [0.1, 0.15) is 188 Å². The van der Waals surface area contributed by atoms with Gasteiger partial charge in [0, 0.05) is 0 Å². The van der Waals surface area contributed by atoms with Gasteiger partial charge in [-0.3, -0.25) is 0 Å². The number of nitrogens with zero attached hydrogens (tertiary/aromatic N) is 4. The molecule has 0 spiro atoms. The number of rotatable bonds is 20. The fraction of sp³-hybridized carbons (Fsp3) is 1.00. The smallest absolute Gasteiger partial charge is 0.657 e. The van der Waals surface area contributed by atoms with Crippen LogP contribution in [0.25, 0.3) is 21.3 Å². The van der Waals surface area contributed by atoms with E-state index in [1.54, 1.807) is 0 Å². The Morgan fingerprint density at radius 2 is 0.341 bits per heavy atom. The monoisotopic (exact) mass is 617 g/mol. The van der Waals surface area contributed by atoms with E-state index in [1.807, 2.05) is 0 Å². The standard InChI is InChI=1S/4C9H20N.Ti/c4*1-5-9(6-2,7-3)10-8-4;/h4*5-8H2,1-4H3;/q4*-1;+4. The molecule has 248 valence electrons. The molecule has 0 aromatic heterocycles. The number of hydrogen-bond donors (Lipinski definition) is 0. The van der Waals surface area contributed by atoms with Crippen LogP contribution < -0.4 is 0 Å². The molecule has 0 atom stereocenters. The SMILES string of the molecule is CC[N-]C(CC)(CC)CC.CC[N-]C(CC)(CC)CC.CC[N-]C(CC)(CC)CC.CC[N-]C(CC)(CC)CC.[Ti+4]. The van der Waals surface area contributed by atoms with Crippen molar-refractivity contribution in [1.29, 1.82) is 0 Å². The second kappa shape index (κ2) is 32.0. The van der Waals surface area contributed by atoms with E-state index >= 15 is 0 Å². The first kappa shape index (κ1) is 51.1. The van der Waals surface area contributed by atoms with Gasteiger partial charge in [-0.1, -0.05) is 188 Å². The second-order valence-electron chi connectivity index (χ2n) is 11.0. The molecule has 41 heavy (non-hydrogen) atoms. The molecule has 0 aromatic rings. The number of hydrogen-bond acceptors (Lipinski definition) is 0. The Kier molecular flexibility index (Phi) is 39.9. The molecule has 0 aliphatic carbocycles. The Morgan fingerprint density at radius 1 is 0.244 bits per heavy atom. The summed E-state index contributed by atoms with van der Waals surface area (Å²) in [6.45, 7) is 39.1. The average molecular weight is 617 g/mol. The van der Waals surface area contributed by atoms with Crippen molar-refractivity contribution < 1.29 is 21.7 Å². The van der Waals surface area contributed by atoms with Gasteiger partial charge >= 0.3 is 21.7 Å². The van der Waals surface area contributed by atoms with Crippen molar-refractivity contribution in [3.8, 4) is 0 Å². The summed E-state index contributed by atoms with van der Waals surface area (Å²) in [5, 5.41) is 18.4. The molecule has 0 aliphatic rings. The van der Waals surface area contributed by atoms with Crippen LogP contribution in [-0.2, 0) is 21.7 Å². The van der Waals surface area contributed by atoms with E-state index < -0.39 is 0 Å². The molecule has 0 rings (SSSR count). The van der Waals surface area contributed by atoms with Crippen LogP contribution in [0.3, 0.4) is 0 Å². The van der Waals surface area contributed by atoms with Crippen molar-refractivity contribution in [1.82, 2.24) is 0 Å². The molecule has 0 aliphatic heterocycles. The molecule has 0 saturated heterocycles. The Bertz CT molecular complexity index is 361. The Morgan fingerprint density at radius 3 is 0.366 bits per heavy atom. The van der Waals surface area contributed by atoms with Crippen molar-refractivity contribution in [2.45, 2.75) is 210 Å². The van der Waals surface area contributed by atoms with E-state index in [0.29, 0.717) is 22.2 Å². The van der Waals surface area contributed by atoms with E-state index in [4.69, 9.17) is 0 Å². The summed E-state index contributed by atoms with van der Waals surface area (Å²) < 4.78 is 0. The van der Waals surface area contributed by atoms with Crippen molar-refractivity contribution in [3.63, 3.8) is 0 Å². The summed E-state index contributed by atoms with van der Waals surface area (Å²) in [5.74, 6) is 0. The summed E-state index contributed by atoms with van der Waals surface area (Å²) in [5.41, 5.74) is 1.20. The van der Waals surface area contributed by atoms with Crippen LogP contribution >= 0.6 is 0 Å². The minimum absolute atomic E-state index is 0. The molecule has 0 bridgehead atoms. The quantitative estimate of drug-likeness (QED) is 0.122. The van der Waals surface area contributed by atoms with Gasteiger partial charge in [0.2, 0.25) is 0 Å². The Hall–Kier alpha value is 0.554. The van der Waals surface area contributed by atoms with Gasteiger partial charge in [0.05, 0.1) is 0 Å². The summed E-state index contributed by atoms with van der Waals surface area (Å²) in [4.78, 5) is 0. The fourth-order valence-corrected chi connectivity index (χ4v) is 5.68. The fourth-order valence-electron chi connectivity index (χ4n) is 5.68. The normalized spacial score (nSPS) is 11.7. The molecule has 0 N–H and O–H groups in total. The van der Waals surface area contributed by atoms with Gasteiger partial charge in [-0.2, -0.15) is 26.2 Å². The maximum Gasteiger partial charge on any atom is 4.00 e. The first-order valence-electron chi connectivity index (χ1n) is 17.7. The molecule has 5 heteroatoms. The minimum atomic E-state index is 0. The van der Waals surface area contributed by atoms with Crippen molar-refractivity contribution in [3.05, 3.63) is 21.3 Å². The van der Waals surface area contributed by atoms with Crippen molar-refractivity contribution in [2.75, 3.05) is 26.2 Å². The molecule has 0 unspecified atom stereocenters. The first-order valence-corrected chi connectivity index (χ1v) is 17.7. The van der Waals surface area contributed by atoms with Gasteiger partial charge < -0.3 is 21.3 Å².